The number of nitrogens with one attached hydrogen (secondary N) is 2. The quantitative estimate of drug-likeness (QED) is 0.276. The summed E-state index contributed by atoms with van der Waals surface area (Å²) in [6.07, 6.45) is 2.59. The van der Waals surface area contributed by atoms with Crippen molar-refractivity contribution in [3.05, 3.63) is 64.7 Å². The van der Waals surface area contributed by atoms with Gasteiger partial charge in [0.2, 0.25) is 0 Å². The number of rotatable bonds is 6. The minimum Gasteiger partial charge on any atom is -0.356 e. The highest BCUT2D eigenvalue weighted by atomic mass is 127. The second-order valence-electron chi connectivity index (χ2n) is 6.49. The highest BCUT2D eigenvalue weighted by Gasteiger charge is 2.21. The van der Waals surface area contributed by atoms with E-state index in [2.05, 4.69) is 34.5 Å². The molecule has 0 aliphatic rings. The number of aliphatic imine (C=N–C) groups is 1. The maximum Gasteiger partial charge on any atom is 0.191 e. The molecule has 2 rings (SSSR count). The molecule has 26 heavy (non-hydrogen) atoms. The first-order chi connectivity index (χ1) is 11.9. The zero-order valence-electron chi connectivity index (χ0n) is 15.2. The normalized spacial score (nSPS) is 11.7. The van der Waals surface area contributed by atoms with Crippen LogP contribution >= 0.6 is 35.6 Å². The van der Waals surface area contributed by atoms with E-state index in [0.717, 1.165) is 24.1 Å². The Labute approximate surface area is 176 Å². The largest absolute Gasteiger partial charge is 0.356 e. The van der Waals surface area contributed by atoms with Crippen LogP contribution in [0.15, 0.2) is 47.6 Å². The first-order valence-electron chi connectivity index (χ1n) is 8.22. The average molecular weight is 491 g/mol. The fourth-order valence-electron chi connectivity index (χ4n) is 2.42. The molecule has 0 unspecified atom stereocenters. The van der Waals surface area contributed by atoms with Gasteiger partial charge in [0.25, 0.3) is 0 Å². The Hall–Kier alpha value is -1.41. The topological polar surface area (TPSA) is 49.3 Å². The zero-order valence-corrected chi connectivity index (χ0v) is 18.3. The monoisotopic (exact) mass is 490 g/mol. The standard InChI is InChI=1S/C19H24ClFN4.HI/c1-19(2,15-5-4-6-16(21)11-15)13-25-18(22-3)23-10-9-14-7-8-17(20)24-12-14;/h4-8,11-12H,9-10,13H2,1-3H3,(H2,22,23,25);1H. The van der Waals surface area contributed by atoms with E-state index >= 15 is 0 Å². The molecule has 0 bridgehead atoms. The van der Waals surface area contributed by atoms with E-state index < -0.39 is 0 Å². The van der Waals surface area contributed by atoms with Crippen LogP contribution in [0.2, 0.25) is 5.15 Å². The van der Waals surface area contributed by atoms with E-state index in [1.54, 1.807) is 31.4 Å². The Kier molecular flexibility index (Phi) is 9.29. The fourth-order valence-corrected chi connectivity index (χ4v) is 2.53. The summed E-state index contributed by atoms with van der Waals surface area (Å²) < 4.78 is 13.4. The van der Waals surface area contributed by atoms with Crippen molar-refractivity contribution >= 4 is 41.5 Å². The van der Waals surface area contributed by atoms with Gasteiger partial charge in [0.15, 0.2) is 5.96 Å². The van der Waals surface area contributed by atoms with E-state index in [-0.39, 0.29) is 35.2 Å². The first-order valence-corrected chi connectivity index (χ1v) is 8.59. The molecule has 142 valence electrons. The second kappa shape index (κ2) is 10.7. The van der Waals surface area contributed by atoms with Crippen molar-refractivity contribution < 1.29 is 4.39 Å². The number of hydrogen-bond donors (Lipinski definition) is 2. The molecule has 1 aromatic carbocycles. The van der Waals surface area contributed by atoms with E-state index in [0.29, 0.717) is 17.7 Å². The van der Waals surface area contributed by atoms with Crippen molar-refractivity contribution in [2.75, 3.05) is 20.1 Å². The van der Waals surface area contributed by atoms with Gasteiger partial charge in [0.1, 0.15) is 11.0 Å². The number of aromatic nitrogens is 1. The molecule has 0 saturated carbocycles. The summed E-state index contributed by atoms with van der Waals surface area (Å²) in [5, 5.41) is 7.07. The molecular weight excluding hydrogens is 466 g/mol. The predicted octanol–water partition coefficient (Wildman–Crippen LogP) is 4.18. The predicted molar refractivity (Wildman–Crippen MR) is 117 cm³/mol. The summed E-state index contributed by atoms with van der Waals surface area (Å²) in [5.74, 6) is 0.496. The lowest BCUT2D eigenvalue weighted by atomic mass is 9.84. The van der Waals surface area contributed by atoms with Gasteiger partial charge in [-0.1, -0.05) is 43.6 Å². The van der Waals surface area contributed by atoms with Crippen molar-refractivity contribution in [2.24, 2.45) is 4.99 Å². The molecule has 0 amide bonds. The number of pyridine rings is 1. The van der Waals surface area contributed by atoms with Gasteiger partial charge in [-0.15, -0.1) is 24.0 Å². The maximum atomic E-state index is 13.4. The van der Waals surface area contributed by atoms with Gasteiger partial charge in [0, 0.05) is 31.7 Å². The molecule has 7 heteroatoms. The summed E-state index contributed by atoms with van der Waals surface area (Å²) in [5.41, 5.74) is 1.83. The number of hydrogen-bond acceptors (Lipinski definition) is 2. The van der Waals surface area contributed by atoms with Crippen LogP contribution in [0.4, 0.5) is 4.39 Å². The van der Waals surface area contributed by atoms with Crippen LogP contribution in [-0.4, -0.2) is 31.1 Å². The molecule has 0 aliphatic heterocycles. The van der Waals surface area contributed by atoms with Gasteiger partial charge in [-0.3, -0.25) is 4.99 Å². The fraction of sp³-hybridized carbons (Fsp3) is 0.368. The van der Waals surface area contributed by atoms with Crippen LogP contribution in [0.1, 0.15) is 25.0 Å². The summed E-state index contributed by atoms with van der Waals surface area (Å²) in [4.78, 5) is 8.30. The first kappa shape index (κ1) is 22.6. The van der Waals surface area contributed by atoms with E-state index in [4.69, 9.17) is 11.6 Å². The van der Waals surface area contributed by atoms with Crippen molar-refractivity contribution in [1.82, 2.24) is 15.6 Å². The minimum absolute atomic E-state index is 0. The molecule has 0 atom stereocenters. The van der Waals surface area contributed by atoms with Gasteiger partial charge >= 0.3 is 0 Å². The molecule has 2 aromatic rings. The lowest BCUT2D eigenvalue weighted by molar-refractivity contribution is 0.503. The molecular formula is C19H25ClFIN4. The molecule has 1 heterocycles. The van der Waals surface area contributed by atoms with Crippen molar-refractivity contribution in [3.63, 3.8) is 0 Å². The van der Waals surface area contributed by atoms with E-state index in [1.165, 1.54) is 6.07 Å². The van der Waals surface area contributed by atoms with Crippen molar-refractivity contribution in [2.45, 2.75) is 25.7 Å². The highest BCUT2D eigenvalue weighted by Crippen LogP contribution is 2.22. The lowest BCUT2D eigenvalue weighted by Crippen LogP contribution is -2.44. The summed E-state index contributed by atoms with van der Waals surface area (Å²) in [6.45, 7) is 5.50. The van der Waals surface area contributed by atoms with Crippen LogP contribution in [0.3, 0.4) is 0 Å². The summed E-state index contributed by atoms with van der Waals surface area (Å²) >= 11 is 5.78. The van der Waals surface area contributed by atoms with E-state index in [9.17, 15) is 4.39 Å². The Morgan fingerprint density at radius 3 is 2.62 bits per heavy atom. The van der Waals surface area contributed by atoms with Gasteiger partial charge in [-0.25, -0.2) is 9.37 Å². The Bertz CT molecular complexity index is 720. The van der Waals surface area contributed by atoms with Crippen LogP contribution < -0.4 is 10.6 Å². The smallest absolute Gasteiger partial charge is 0.191 e. The Morgan fingerprint density at radius 2 is 2.00 bits per heavy atom. The SMILES string of the molecule is CN=C(NCCc1ccc(Cl)nc1)NCC(C)(C)c1cccc(F)c1.I. The van der Waals surface area contributed by atoms with Gasteiger partial charge in [-0.2, -0.15) is 0 Å². The molecule has 1 aromatic heterocycles. The third-order valence-corrected chi connectivity index (χ3v) is 4.25. The van der Waals surface area contributed by atoms with Crippen LogP contribution in [0.25, 0.3) is 0 Å². The van der Waals surface area contributed by atoms with Crippen LogP contribution in [0, 0.1) is 5.82 Å². The molecule has 2 N–H and O–H groups in total. The Balaban J connectivity index is 0.00000338. The van der Waals surface area contributed by atoms with Crippen LogP contribution in [-0.2, 0) is 11.8 Å². The second-order valence-corrected chi connectivity index (χ2v) is 6.87. The maximum absolute atomic E-state index is 13.4. The van der Waals surface area contributed by atoms with Gasteiger partial charge in [0.05, 0.1) is 0 Å². The van der Waals surface area contributed by atoms with Crippen LogP contribution in [0.5, 0.6) is 0 Å². The zero-order chi connectivity index (χ0) is 18.3. The minimum atomic E-state index is -0.222. The highest BCUT2D eigenvalue weighted by molar-refractivity contribution is 14.0. The summed E-state index contributed by atoms with van der Waals surface area (Å²) in [6, 6.07) is 10.4. The third kappa shape index (κ3) is 7.07. The van der Waals surface area contributed by atoms with Crippen molar-refractivity contribution in [3.8, 4) is 0 Å². The average Bonchev–Trinajstić information content (AvgIpc) is 2.59. The van der Waals surface area contributed by atoms with Gasteiger partial charge < -0.3 is 10.6 Å². The molecule has 0 aliphatic carbocycles. The molecule has 4 nitrogen and oxygen atoms in total. The summed E-state index contributed by atoms with van der Waals surface area (Å²) in [7, 11) is 1.73. The Morgan fingerprint density at radius 1 is 1.23 bits per heavy atom. The number of guanidine groups is 1. The molecule has 0 spiro atoms. The van der Waals surface area contributed by atoms with E-state index in [1.807, 2.05) is 12.1 Å². The number of halogens is 3. The molecule has 0 fully saturated rings. The lowest BCUT2D eigenvalue weighted by Gasteiger charge is -2.26. The van der Waals surface area contributed by atoms with Crippen molar-refractivity contribution in [1.29, 1.82) is 0 Å². The number of benzene rings is 1. The molecule has 0 radical (unpaired) electrons. The molecule has 0 saturated heterocycles. The van der Waals surface area contributed by atoms with Gasteiger partial charge in [-0.05, 0) is 35.7 Å². The number of nitrogens with zero attached hydrogens (tertiary/aromatic N) is 2. The third-order valence-electron chi connectivity index (χ3n) is 4.02.